The van der Waals surface area contributed by atoms with Crippen LogP contribution in [0.4, 0.5) is 0 Å². The Kier molecular flexibility index (Phi) is 8.93. The summed E-state index contributed by atoms with van der Waals surface area (Å²) >= 11 is 0. The number of hydrogen-bond acceptors (Lipinski definition) is 5. The number of carbonyl (C=O) groups excluding carboxylic acids is 1. The summed E-state index contributed by atoms with van der Waals surface area (Å²) in [7, 11) is -2.71. The number of ether oxygens (including phenoxy) is 3. The molecule has 2 saturated heterocycles. The van der Waals surface area contributed by atoms with E-state index in [2.05, 4.69) is 112 Å². The summed E-state index contributed by atoms with van der Waals surface area (Å²) in [6.07, 6.45) is 5.08. The molecule has 0 aromatic heterocycles. The molecule has 3 fully saturated rings. The van der Waals surface area contributed by atoms with Crippen molar-refractivity contribution in [2.45, 2.75) is 83.3 Å². The van der Waals surface area contributed by atoms with Gasteiger partial charge in [-0.3, -0.25) is 4.79 Å². The van der Waals surface area contributed by atoms with Crippen LogP contribution in [0.1, 0.15) is 64.9 Å². The van der Waals surface area contributed by atoms with Crippen molar-refractivity contribution in [3.63, 3.8) is 0 Å². The van der Waals surface area contributed by atoms with E-state index in [4.69, 9.17) is 18.6 Å². The van der Waals surface area contributed by atoms with Crippen LogP contribution in [0.3, 0.4) is 0 Å². The van der Waals surface area contributed by atoms with Crippen LogP contribution in [0.2, 0.25) is 5.04 Å². The van der Waals surface area contributed by atoms with E-state index in [0.29, 0.717) is 19.6 Å². The Morgan fingerprint density at radius 2 is 1.49 bits per heavy atom. The second-order valence-electron chi connectivity index (χ2n) is 13.7. The van der Waals surface area contributed by atoms with Crippen molar-refractivity contribution >= 4 is 24.7 Å². The number of carbonyl (C=O) groups is 1. The van der Waals surface area contributed by atoms with Crippen molar-refractivity contribution in [3.05, 3.63) is 96.6 Å². The standard InChI is InChI=1S/C37H46O5Si/c1-36(2,3)43(30-17-9-5-10-18-30,31-19-11-6-12-20-31)40-27-29-22-23-37(26-28-15-7-4-8-16-28)32(29)25-33(38)41-35(37)42-34-21-13-14-24-39-34/h4-12,15-20,29,32,34-35H,13-14,21-27H2,1-3H3/t29-,32-,34?,35?,37+/m1/s1. The van der Waals surface area contributed by atoms with Crippen LogP contribution >= 0.6 is 0 Å². The zero-order valence-corrected chi connectivity index (χ0v) is 26.9. The molecule has 2 heterocycles. The molecule has 1 aliphatic carbocycles. The molecule has 2 aliphatic heterocycles. The predicted molar refractivity (Wildman–Crippen MR) is 172 cm³/mol. The molecule has 1 saturated carbocycles. The van der Waals surface area contributed by atoms with E-state index < -0.39 is 14.6 Å². The second-order valence-corrected chi connectivity index (χ2v) is 18.0. The lowest BCUT2D eigenvalue weighted by atomic mass is 9.68. The van der Waals surface area contributed by atoms with Crippen molar-refractivity contribution < 1.29 is 23.4 Å². The van der Waals surface area contributed by atoms with E-state index in [9.17, 15) is 4.79 Å². The van der Waals surface area contributed by atoms with E-state index >= 15 is 0 Å². The lowest BCUT2D eigenvalue weighted by Crippen LogP contribution is -2.67. The lowest BCUT2D eigenvalue weighted by Gasteiger charge is -2.48. The molecule has 3 aliphatic rings. The molecule has 228 valence electrons. The van der Waals surface area contributed by atoms with Crippen LogP contribution in [0, 0.1) is 17.3 Å². The number of rotatable bonds is 9. The van der Waals surface area contributed by atoms with Gasteiger partial charge in [-0.25, -0.2) is 0 Å². The minimum Gasteiger partial charge on any atom is -0.435 e. The van der Waals surface area contributed by atoms with Crippen molar-refractivity contribution in [3.8, 4) is 0 Å². The third-order valence-corrected chi connectivity index (χ3v) is 15.1. The zero-order valence-electron chi connectivity index (χ0n) is 25.9. The van der Waals surface area contributed by atoms with E-state index in [-0.39, 0.29) is 34.5 Å². The minimum absolute atomic E-state index is 0.0979. The maximum atomic E-state index is 13.2. The van der Waals surface area contributed by atoms with Crippen molar-refractivity contribution in [2.75, 3.05) is 13.2 Å². The molecule has 2 unspecified atom stereocenters. The fourth-order valence-electron chi connectivity index (χ4n) is 8.03. The molecule has 43 heavy (non-hydrogen) atoms. The summed E-state index contributed by atoms with van der Waals surface area (Å²) in [5, 5.41) is 2.45. The molecule has 5 nitrogen and oxygen atoms in total. The molecular formula is C37H46O5Si. The average Bonchev–Trinajstić information content (AvgIpc) is 3.37. The van der Waals surface area contributed by atoms with Crippen LogP contribution < -0.4 is 10.4 Å². The molecule has 5 atom stereocenters. The Morgan fingerprint density at radius 3 is 2.07 bits per heavy atom. The van der Waals surface area contributed by atoms with Gasteiger partial charge in [0, 0.05) is 25.0 Å². The Balaban J connectivity index is 1.34. The van der Waals surface area contributed by atoms with Gasteiger partial charge in [-0.1, -0.05) is 112 Å². The smallest absolute Gasteiger partial charge is 0.308 e. The summed E-state index contributed by atoms with van der Waals surface area (Å²) in [5.41, 5.74) is 0.924. The maximum Gasteiger partial charge on any atom is 0.308 e. The highest BCUT2D eigenvalue weighted by Gasteiger charge is 2.60. The first-order valence-corrected chi connectivity index (χ1v) is 18.0. The molecule has 0 radical (unpaired) electrons. The maximum absolute atomic E-state index is 13.2. The van der Waals surface area contributed by atoms with E-state index in [1.165, 1.54) is 15.9 Å². The van der Waals surface area contributed by atoms with Crippen LogP contribution in [0.15, 0.2) is 91.0 Å². The van der Waals surface area contributed by atoms with Gasteiger partial charge < -0.3 is 18.6 Å². The van der Waals surface area contributed by atoms with Crippen molar-refractivity contribution in [2.24, 2.45) is 17.3 Å². The minimum atomic E-state index is -2.71. The molecular weight excluding hydrogens is 552 g/mol. The highest BCUT2D eigenvalue weighted by atomic mass is 28.4. The van der Waals surface area contributed by atoms with Gasteiger partial charge in [0.2, 0.25) is 6.29 Å². The van der Waals surface area contributed by atoms with Gasteiger partial charge in [0.25, 0.3) is 8.32 Å². The molecule has 0 N–H and O–H groups in total. The van der Waals surface area contributed by atoms with Crippen LogP contribution in [0.5, 0.6) is 0 Å². The molecule has 3 aromatic rings. The third-order valence-electron chi connectivity index (χ3n) is 10.1. The monoisotopic (exact) mass is 598 g/mol. The van der Waals surface area contributed by atoms with Gasteiger partial charge in [0.05, 0.1) is 0 Å². The predicted octanol–water partition coefficient (Wildman–Crippen LogP) is 6.63. The lowest BCUT2D eigenvalue weighted by molar-refractivity contribution is -0.299. The molecule has 0 spiro atoms. The largest absolute Gasteiger partial charge is 0.435 e. The fraction of sp³-hybridized carbons (Fsp3) is 0.486. The highest BCUT2D eigenvalue weighted by Crippen LogP contribution is 2.57. The van der Waals surface area contributed by atoms with Gasteiger partial charge in [-0.15, -0.1) is 0 Å². The number of hydrogen-bond donors (Lipinski definition) is 0. The summed E-state index contributed by atoms with van der Waals surface area (Å²) < 4.78 is 26.1. The Hall–Kier alpha value is -2.77. The summed E-state index contributed by atoms with van der Waals surface area (Å²) in [5.74, 6) is 0.143. The molecule has 6 heteroatoms. The molecule has 0 bridgehead atoms. The van der Waals surface area contributed by atoms with E-state index in [1.54, 1.807) is 0 Å². The Labute approximate surface area is 258 Å². The summed E-state index contributed by atoms with van der Waals surface area (Å²) in [6.45, 7) is 8.25. The normalized spacial score (nSPS) is 27.8. The average molecular weight is 599 g/mol. The van der Waals surface area contributed by atoms with Gasteiger partial charge >= 0.3 is 5.97 Å². The number of esters is 1. The van der Waals surface area contributed by atoms with Gasteiger partial charge in [-0.2, -0.15) is 0 Å². The van der Waals surface area contributed by atoms with Crippen molar-refractivity contribution in [1.82, 2.24) is 0 Å². The zero-order chi connectivity index (χ0) is 29.9. The summed E-state index contributed by atoms with van der Waals surface area (Å²) in [4.78, 5) is 13.2. The van der Waals surface area contributed by atoms with E-state index in [0.717, 1.165) is 38.5 Å². The SMILES string of the molecule is CC(C)(C)[Si](OC[C@H]1CC[C@@]2(Cc3ccccc3)C(OC3CCCCO3)OC(=O)C[C@H]12)(c1ccccc1)c1ccccc1. The first-order valence-electron chi connectivity index (χ1n) is 16.1. The first-order chi connectivity index (χ1) is 20.8. The van der Waals surface area contributed by atoms with Gasteiger partial charge in [-0.05, 0) is 71.3 Å². The molecule has 6 rings (SSSR count). The third kappa shape index (κ3) is 5.99. The highest BCUT2D eigenvalue weighted by molar-refractivity contribution is 6.99. The number of benzene rings is 3. The van der Waals surface area contributed by atoms with Crippen LogP contribution in [0.25, 0.3) is 0 Å². The number of cyclic esters (lactones) is 1. The number of fused-ring (bicyclic) bond motifs is 1. The Morgan fingerprint density at radius 1 is 0.860 bits per heavy atom. The van der Waals surface area contributed by atoms with Gasteiger partial charge in [0.15, 0.2) is 6.29 Å². The van der Waals surface area contributed by atoms with E-state index in [1.807, 2.05) is 0 Å². The molecule has 0 amide bonds. The fourth-order valence-corrected chi connectivity index (χ4v) is 12.6. The van der Waals surface area contributed by atoms with Crippen LogP contribution in [-0.4, -0.2) is 40.1 Å². The van der Waals surface area contributed by atoms with Gasteiger partial charge in [0.1, 0.15) is 0 Å². The summed E-state index contributed by atoms with van der Waals surface area (Å²) in [6, 6.07) is 32.2. The second kappa shape index (κ2) is 12.7. The first kappa shape index (κ1) is 30.3. The Bertz CT molecular complexity index is 1300. The van der Waals surface area contributed by atoms with Crippen LogP contribution in [-0.2, 0) is 29.9 Å². The topological polar surface area (TPSA) is 54.0 Å². The molecule has 3 aromatic carbocycles. The quantitative estimate of drug-likeness (QED) is 0.204. The van der Waals surface area contributed by atoms with Crippen molar-refractivity contribution in [1.29, 1.82) is 0 Å².